The number of ether oxygens (including phenoxy) is 1. The molecule has 0 aliphatic rings. The molecule has 0 aliphatic carbocycles. The highest BCUT2D eigenvalue weighted by molar-refractivity contribution is 6.11. The van der Waals surface area contributed by atoms with Gasteiger partial charge in [-0.2, -0.15) is 13.2 Å². The Labute approximate surface area is 295 Å². The molecule has 4 aromatic rings. The van der Waals surface area contributed by atoms with Crippen molar-refractivity contribution in [1.29, 1.82) is 0 Å². The molecule has 0 heterocycles. The minimum Gasteiger partial charge on any atom is -0.463 e. The number of carbonyl (C=O) groups excluding carboxylic acids is 4. The first-order valence-electron chi connectivity index (χ1n) is 16.8. The summed E-state index contributed by atoms with van der Waals surface area (Å²) in [6, 6.07) is 25.1. The quantitative estimate of drug-likeness (QED) is 0.0958. The second kappa shape index (κ2) is 17.0. The number of likely N-dealkylation sites (N-methyl/N-ethyl adjacent to an activating group) is 2. The molecule has 268 valence electrons. The number of esters is 1. The molecule has 4 aromatic carbocycles. The molecule has 0 saturated heterocycles. The van der Waals surface area contributed by atoms with E-state index in [2.05, 4.69) is 16.0 Å². The van der Waals surface area contributed by atoms with Crippen molar-refractivity contribution in [3.05, 3.63) is 125 Å². The third-order valence-corrected chi connectivity index (χ3v) is 8.24. The van der Waals surface area contributed by atoms with E-state index in [0.717, 1.165) is 12.1 Å². The van der Waals surface area contributed by atoms with Gasteiger partial charge in [-0.05, 0) is 72.2 Å². The smallest absolute Gasteiger partial charge is 0.416 e. The minimum atomic E-state index is -4.65. The number of anilines is 1. The van der Waals surface area contributed by atoms with Crippen LogP contribution in [0.2, 0.25) is 0 Å². The molecule has 0 fully saturated rings. The molecule has 0 aromatic heterocycles. The molecule has 0 saturated carbocycles. The van der Waals surface area contributed by atoms with Crippen LogP contribution in [0.1, 0.15) is 60.3 Å². The van der Waals surface area contributed by atoms with Crippen molar-refractivity contribution in [2.24, 2.45) is 5.92 Å². The highest BCUT2D eigenvalue weighted by Gasteiger charge is 2.48. The van der Waals surface area contributed by atoms with Crippen molar-refractivity contribution >= 4 is 29.4 Å². The molecule has 4 rings (SSSR count). The fourth-order valence-electron chi connectivity index (χ4n) is 5.79. The van der Waals surface area contributed by atoms with Gasteiger partial charge in [0.15, 0.2) is 5.41 Å². The molecular formula is C40H42F3N3O5. The Morgan fingerprint density at radius 3 is 1.92 bits per heavy atom. The third-order valence-electron chi connectivity index (χ3n) is 8.24. The van der Waals surface area contributed by atoms with Crippen molar-refractivity contribution in [1.82, 2.24) is 10.6 Å². The van der Waals surface area contributed by atoms with Crippen LogP contribution < -0.4 is 16.0 Å². The van der Waals surface area contributed by atoms with Crippen LogP contribution in [0.4, 0.5) is 18.9 Å². The molecule has 0 atom stereocenters. The average Bonchev–Trinajstić information content (AvgIpc) is 3.10. The van der Waals surface area contributed by atoms with Gasteiger partial charge in [0.1, 0.15) is 6.61 Å². The van der Waals surface area contributed by atoms with Crippen molar-refractivity contribution in [3.63, 3.8) is 0 Å². The summed E-state index contributed by atoms with van der Waals surface area (Å²) >= 11 is 0. The highest BCUT2D eigenvalue weighted by Crippen LogP contribution is 2.34. The first-order valence-corrected chi connectivity index (χ1v) is 16.8. The summed E-state index contributed by atoms with van der Waals surface area (Å²) < 4.78 is 46.7. The second-order valence-corrected chi connectivity index (χ2v) is 12.5. The number of halogens is 3. The lowest BCUT2D eigenvalue weighted by Gasteiger charge is -2.31. The predicted octanol–water partition coefficient (Wildman–Crippen LogP) is 7.12. The first-order chi connectivity index (χ1) is 24.3. The number of hydrogen-bond acceptors (Lipinski definition) is 5. The lowest BCUT2D eigenvalue weighted by atomic mass is 9.79. The molecule has 51 heavy (non-hydrogen) atoms. The Morgan fingerprint density at radius 1 is 0.745 bits per heavy atom. The van der Waals surface area contributed by atoms with E-state index in [-0.39, 0.29) is 31.0 Å². The van der Waals surface area contributed by atoms with Gasteiger partial charge < -0.3 is 20.7 Å². The normalized spacial score (nSPS) is 11.5. The molecule has 8 nitrogen and oxygen atoms in total. The molecular weight excluding hydrogens is 659 g/mol. The van der Waals surface area contributed by atoms with Gasteiger partial charge in [0.05, 0.1) is 12.0 Å². The molecule has 3 amide bonds. The van der Waals surface area contributed by atoms with Gasteiger partial charge in [0, 0.05) is 24.3 Å². The largest absolute Gasteiger partial charge is 0.463 e. The molecule has 0 bridgehead atoms. The lowest BCUT2D eigenvalue weighted by molar-refractivity contribution is -0.150. The standard InChI is InChI=1S/C40H42F3N3O5/c1-5-44-37(49)39(38(50)45-6-2,30-15-11-8-12-16-30)25-51-35(47)23-27-17-20-34(29(22-27)21-26(3)4)46-36(48)33-24-31(40(41,42)43)18-19-32(33)28-13-9-7-10-14-28/h7-20,22,24,26H,5-6,21,23,25H2,1-4H3,(H,44,49)(H,45,50)(H,46,48). The van der Waals surface area contributed by atoms with Crippen molar-refractivity contribution in [2.45, 2.75) is 52.1 Å². The van der Waals surface area contributed by atoms with Crippen LogP contribution >= 0.6 is 0 Å². The second-order valence-electron chi connectivity index (χ2n) is 12.5. The molecule has 0 aliphatic heterocycles. The van der Waals surface area contributed by atoms with Gasteiger partial charge in [0.25, 0.3) is 5.91 Å². The number of nitrogens with one attached hydrogen (secondary N) is 3. The van der Waals surface area contributed by atoms with Crippen LogP contribution in [0, 0.1) is 5.92 Å². The predicted molar refractivity (Wildman–Crippen MR) is 190 cm³/mol. The van der Waals surface area contributed by atoms with E-state index in [1.165, 1.54) is 6.07 Å². The van der Waals surface area contributed by atoms with Gasteiger partial charge >= 0.3 is 12.1 Å². The van der Waals surface area contributed by atoms with Crippen LogP contribution in [-0.4, -0.2) is 43.4 Å². The maximum atomic E-state index is 13.7. The van der Waals surface area contributed by atoms with Crippen LogP contribution in [-0.2, 0) is 43.6 Å². The Hall–Kier alpha value is -5.45. The first kappa shape index (κ1) is 38.4. The van der Waals surface area contributed by atoms with Crippen molar-refractivity contribution in [3.8, 4) is 11.1 Å². The van der Waals surface area contributed by atoms with Gasteiger partial charge in [-0.3, -0.25) is 19.2 Å². The van der Waals surface area contributed by atoms with Gasteiger partial charge in [-0.25, -0.2) is 0 Å². The van der Waals surface area contributed by atoms with Gasteiger partial charge in [-0.15, -0.1) is 0 Å². The Kier molecular flexibility index (Phi) is 12.8. The number of alkyl halides is 3. The zero-order valence-electron chi connectivity index (χ0n) is 29.0. The summed E-state index contributed by atoms with van der Waals surface area (Å²) in [4.78, 5) is 53.8. The van der Waals surface area contributed by atoms with Crippen LogP contribution in [0.3, 0.4) is 0 Å². The third kappa shape index (κ3) is 9.42. The van der Waals surface area contributed by atoms with E-state index >= 15 is 0 Å². The highest BCUT2D eigenvalue weighted by atomic mass is 19.4. The molecule has 0 spiro atoms. The van der Waals surface area contributed by atoms with Crippen molar-refractivity contribution < 1.29 is 37.1 Å². The SMILES string of the molecule is CCNC(=O)C(COC(=O)Cc1ccc(NC(=O)c2cc(C(F)(F)F)ccc2-c2ccccc2)c(CC(C)C)c1)(C(=O)NCC)c1ccccc1. The maximum absolute atomic E-state index is 13.7. The monoisotopic (exact) mass is 701 g/mol. The summed E-state index contributed by atoms with van der Waals surface area (Å²) in [5.41, 5.74) is -0.0234. The van der Waals surface area contributed by atoms with E-state index in [9.17, 15) is 32.3 Å². The van der Waals surface area contributed by atoms with Crippen LogP contribution in [0.15, 0.2) is 97.1 Å². The van der Waals surface area contributed by atoms with Crippen LogP contribution in [0.5, 0.6) is 0 Å². The van der Waals surface area contributed by atoms with Crippen molar-refractivity contribution in [2.75, 3.05) is 25.0 Å². The fraction of sp³-hybridized carbons (Fsp3) is 0.300. The summed E-state index contributed by atoms with van der Waals surface area (Å²) in [5.74, 6) is -2.49. The van der Waals surface area contributed by atoms with E-state index < -0.39 is 47.5 Å². The summed E-state index contributed by atoms with van der Waals surface area (Å²) in [6.07, 6.45) is -4.37. The van der Waals surface area contributed by atoms with E-state index in [0.29, 0.717) is 39.9 Å². The lowest BCUT2D eigenvalue weighted by Crippen LogP contribution is -2.57. The summed E-state index contributed by atoms with van der Waals surface area (Å²) in [6.45, 7) is 7.35. The number of carbonyl (C=O) groups is 4. The summed E-state index contributed by atoms with van der Waals surface area (Å²) in [7, 11) is 0. The zero-order chi connectivity index (χ0) is 37.2. The average molecular weight is 702 g/mol. The molecule has 0 radical (unpaired) electrons. The van der Waals surface area contributed by atoms with Crippen LogP contribution in [0.25, 0.3) is 11.1 Å². The topological polar surface area (TPSA) is 114 Å². The Bertz CT molecular complexity index is 1830. The Morgan fingerprint density at radius 2 is 1.35 bits per heavy atom. The van der Waals surface area contributed by atoms with E-state index in [4.69, 9.17) is 4.74 Å². The Balaban J connectivity index is 1.61. The number of hydrogen-bond donors (Lipinski definition) is 3. The number of rotatable bonds is 14. The number of amides is 3. The van der Waals surface area contributed by atoms with Gasteiger partial charge in [0.2, 0.25) is 11.8 Å². The number of benzene rings is 4. The minimum absolute atomic E-state index is 0.122. The maximum Gasteiger partial charge on any atom is 0.416 e. The fourth-order valence-corrected chi connectivity index (χ4v) is 5.79. The molecule has 11 heteroatoms. The zero-order valence-corrected chi connectivity index (χ0v) is 29.0. The molecule has 3 N–H and O–H groups in total. The van der Waals surface area contributed by atoms with E-state index in [1.54, 1.807) is 92.7 Å². The van der Waals surface area contributed by atoms with Gasteiger partial charge in [-0.1, -0.05) is 92.7 Å². The molecule has 0 unspecified atom stereocenters. The van der Waals surface area contributed by atoms with E-state index in [1.807, 2.05) is 13.8 Å². The summed E-state index contributed by atoms with van der Waals surface area (Å²) in [5, 5.41) is 8.20.